The van der Waals surface area contributed by atoms with E-state index in [9.17, 15) is 4.39 Å². The van der Waals surface area contributed by atoms with Gasteiger partial charge in [0, 0.05) is 44.1 Å². The number of rotatable bonds is 4. The van der Waals surface area contributed by atoms with Gasteiger partial charge in [-0.1, -0.05) is 6.07 Å². The van der Waals surface area contributed by atoms with Crippen LogP contribution in [0.15, 0.2) is 24.3 Å². The molecule has 6 heteroatoms. The van der Waals surface area contributed by atoms with Crippen molar-refractivity contribution < 1.29 is 9.13 Å². The standard InChI is InChI=1S/C18H23FN4O/c1-13-10-14(2)21-18(20-13)23-8-6-22(7-9-23)12-15-4-5-17(24-3)16(19)11-15/h4-5,10-11H,6-9,12H2,1-3H3. The molecule has 0 amide bonds. The Kier molecular flexibility index (Phi) is 4.94. The summed E-state index contributed by atoms with van der Waals surface area (Å²) in [6.07, 6.45) is 0. The average molecular weight is 330 g/mol. The summed E-state index contributed by atoms with van der Waals surface area (Å²) in [6, 6.07) is 7.14. The zero-order chi connectivity index (χ0) is 17.1. The van der Waals surface area contributed by atoms with Crippen LogP contribution in [0, 0.1) is 19.7 Å². The zero-order valence-corrected chi connectivity index (χ0v) is 14.4. The van der Waals surface area contributed by atoms with Gasteiger partial charge in [0.2, 0.25) is 5.95 Å². The maximum atomic E-state index is 13.8. The zero-order valence-electron chi connectivity index (χ0n) is 14.4. The van der Waals surface area contributed by atoms with Gasteiger partial charge in [0.1, 0.15) is 0 Å². The molecule has 0 spiro atoms. The molecule has 24 heavy (non-hydrogen) atoms. The molecular weight excluding hydrogens is 307 g/mol. The highest BCUT2D eigenvalue weighted by molar-refractivity contribution is 5.33. The summed E-state index contributed by atoms with van der Waals surface area (Å²) >= 11 is 0. The normalized spacial score (nSPS) is 15.6. The Morgan fingerprint density at radius 3 is 2.29 bits per heavy atom. The Balaban J connectivity index is 1.60. The minimum Gasteiger partial charge on any atom is -0.494 e. The highest BCUT2D eigenvalue weighted by atomic mass is 19.1. The van der Waals surface area contributed by atoms with E-state index in [2.05, 4.69) is 19.8 Å². The van der Waals surface area contributed by atoms with Crippen molar-refractivity contribution in [1.29, 1.82) is 0 Å². The Hall–Kier alpha value is -2.21. The Bertz CT molecular complexity index is 694. The number of benzene rings is 1. The van der Waals surface area contributed by atoms with Crippen LogP contribution < -0.4 is 9.64 Å². The first kappa shape index (κ1) is 16.6. The van der Waals surface area contributed by atoms with E-state index in [0.29, 0.717) is 0 Å². The molecule has 1 fully saturated rings. The lowest BCUT2D eigenvalue weighted by atomic mass is 10.2. The predicted octanol–water partition coefficient (Wildman–Crippen LogP) is 2.56. The van der Waals surface area contributed by atoms with E-state index in [1.165, 1.54) is 7.11 Å². The second-order valence-corrected chi connectivity index (χ2v) is 6.18. The number of methoxy groups -OCH3 is 1. The summed E-state index contributed by atoms with van der Waals surface area (Å²) in [5.74, 6) is 0.787. The number of piperazine rings is 1. The van der Waals surface area contributed by atoms with E-state index in [-0.39, 0.29) is 11.6 Å². The fraction of sp³-hybridized carbons (Fsp3) is 0.444. The molecule has 5 nitrogen and oxygen atoms in total. The molecule has 0 saturated carbocycles. The first-order valence-electron chi connectivity index (χ1n) is 8.17. The molecule has 2 heterocycles. The lowest BCUT2D eigenvalue weighted by Gasteiger charge is -2.35. The Morgan fingerprint density at radius 1 is 1.04 bits per heavy atom. The average Bonchev–Trinajstić information content (AvgIpc) is 2.55. The first-order valence-corrected chi connectivity index (χ1v) is 8.17. The molecule has 0 atom stereocenters. The fourth-order valence-electron chi connectivity index (χ4n) is 3.02. The highest BCUT2D eigenvalue weighted by Crippen LogP contribution is 2.20. The van der Waals surface area contributed by atoms with E-state index in [1.54, 1.807) is 12.1 Å². The van der Waals surface area contributed by atoms with Crippen molar-refractivity contribution >= 4 is 5.95 Å². The van der Waals surface area contributed by atoms with Crippen molar-refractivity contribution in [2.45, 2.75) is 20.4 Å². The smallest absolute Gasteiger partial charge is 0.225 e. The van der Waals surface area contributed by atoms with Crippen LogP contribution in [-0.2, 0) is 6.54 Å². The molecule has 128 valence electrons. The molecule has 0 radical (unpaired) electrons. The lowest BCUT2D eigenvalue weighted by molar-refractivity contribution is 0.248. The van der Waals surface area contributed by atoms with Gasteiger partial charge in [-0.15, -0.1) is 0 Å². The number of ether oxygens (including phenoxy) is 1. The van der Waals surface area contributed by atoms with Crippen LogP contribution in [0.25, 0.3) is 0 Å². The molecule has 1 saturated heterocycles. The highest BCUT2D eigenvalue weighted by Gasteiger charge is 2.19. The molecule has 1 aromatic carbocycles. The molecule has 0 bridgehead atoms. The third-order valence-electron chi connectivity index (χ3n) is 4.25. The van der Waals surface area contributed by atoms with Crippen LogP contribution in [-0.4, -0.2) is 48.2 Å². The third kappa shape index (κ3) is 3.82. The van der Waals surface area contributed by atoms with Gasteiger partial charge < -0.3 is 9.64 Å². The summed E-state index contributed by atoms with van der Waals surface area (Å²) in [4.78, 5) is 13.6. The van der Waals surface area contributed by atoms with E-state index < -0.39 is 0 Å². The molecule has 1 aliphatic rings. The molecule has 0 aliphatic carbocycles. The second-order valence-electron chi connectivity index (χ2n) is 6.18. The Morgan fingerprint density at radius 2 is 1.71 bits per heavy atom. The van der Waals surface area contributed by atoms with Crippen LogP contribution >= 0.6 is 0 Å². The summed E-state index contributed by atoms with van der Waals surface area (Å²) in [6.45, 7) is 8.29. The monoisotopic (exact) mass is 330 g/mol. The van der Waals surface area contributed by atoms with Crippen LogP contribution in [0.2, 0.25) is 0 Å². The number of aryl methyl sites for hydroxylation is 2. The number of hydrogen-bond donors (Lipinski definition) is 0. The summed E-state index contributed by atoms with van der Waals surface area (Å²) in [7, 11) is 1.48. The lowest BCUT2D eigenvalue weighted by Crippen LogP contribution is -2.46. The number of anilines is 1. The van der Waals surface area contributed by atoms with Gasteiger partial charge in [0.05, 0.1) is 7.11 Å². The first-order chi connectivity index (χ1) is 11.5. The molecule has 1 aliphatic heterocycles. The van der Waals surface area contributed by atoms with Crippen molar-refractivity contribution in [3.05, 3.63) is 47.0 Å². The Labute approximate surface area is 142 Å². The van der Waals surface area contributed by atoms with Gasteiger partial charge >= 0.3 is 0 Å². The van der Waals surface area contributed by atoms with Crippen molar-refractivity contribution in [2.75, 3.05) is 38.2 Å². The SMILES string of the molecule is COc1ccc(CN2CCN(c3nc(C)cc(C)n3)CC2)cc1F. The van der Waals surface area contributed by atoms with Crippen LogP contribution in [0.3, 0.4) is 0 Å². The van der Waals surface area contributed by atoms with Crippen LogP contribution in [0.5, 0.6) is 5.75 Å². The fourth-order valence-corrected chi connectivity index (χ4v) is 3.02. The van der Waals surface area contributed by atoms with Gasteiger partial charge in [-0.3, -0.25) is 4.90 Å². The van der Waals surface area contributed by atoms with Gasteiger partial charge in [0.15, 0.2) is 11.6 Å². The summed E-state index contributed by atoms with van der Waals surface area (Å²) < 4.78 is 18.8. The number of hydrogen-bond acceptors (Lipinski definition) is 5. The number of halogens is 1. The van der Waals surface area contributed by atoms with Crippen LogP contribution in [0.1, 0.15) is 17.0 Å². The van der Waals surface area contributed by atoms with Gasteiger partial charge in [-0.25, -0.2) is 14.4 Å². The van der Waals surface area contributed by atoms with Gasteiger partial charge in [0.25, 0.3) is 0 Å². The number of nitrogens with zero attached hydrogens (tertiary/aromatic N) is 4. The molecule has 3 rings (SSSR count). The molecule has 2 aromatic rings. The molecule has 1 aromatic heterocycles. The van der Waals surface area contributed by atoms with Gasteiger partial charge in [-0.05, 0) is 37.6 Å². The molecule has 0 N–H and O–H groups in total. The second kappa shape index (κ2) is 7.13. The maximum Gasteiger partial charge on any atom is 0.225 e. The van der Waals surface area contributed by atoms with Crippen molar-refractivity contribution in [1.82, 2.24) is 14.9 Å². The van der Waals surface area contributed by atoms with E-state index in [4.69, 9.17) is 4.74 Å². The maximum absolute atomic E-state index is 13.8. The molecule has 0 unspecified atom stereocenters. The summed E-state index contributed by atoms with van der Waals surface area (Å²) in [5.41, 5.74) is 2.95. The van der Waals surface area contributed by atoms with E-state index in [0.717, 1.165) is 55.6 Å². The van der Waals surface area contributed by atoms with Crippen molar-refractivity contribution in [3.63, 3.8) is 0 Å². The minimum atomic E-state index is -0.308. The predicted molar refractivity (Wildman–Crippen MR) is 91.9 cm³/mol. The van der Waals surface area contributed by atoms with E-state index >= 15 is 0 Å². The topological polar surface area (TPSA) is 41.5 Å². The van der Waals surface area contributed by atoms with Crippen LogP contribution in [0.4, 0.5) is 10.3 Å². The van der Waals surface area contributed by atoms with Crippen molar-refractivity contribution in [3.8, 4) is 5.75 Å². The number of aromatic nitrogens is 2. The minimum absolute atomic E-state index is 0.288. The van der Waals surface area contributed by atoms with Gasteiger partial charge in [-0.2, -0.15) is 0 Å². The van der Waals surface area contributed by atoms with Crippen molar-refractivity contribution in [2.24, 2.45) is 0 Å². The molecular formula is C18H23FN4O. The van der Waals surface area contributed by atoms with E-state index in [1.807, 2.05) is 26.0 Å². The quantitative estimate of drug-likeness (QED) is 0.862. The summed E-state index contributed by atoms with van der Waals surface area (Å²) in [5, 5.41) is 0. The third-order valence-corrected chi connectivity index (χ3v) is 4.25. The largest absolute Gasteiger partial charge is 0.494 e.